The summed E-state index contributed by atoms with van der Waals surface area (Å²) in [6.45, 7) is 9.08. The molecule has 1 aromatic heterocycles. The quantitative estimate of drug-likeness (QED) is 0.732. The van der Waals surface area contributed by atoms with Gasteiger partial charge in [0.1, 0.15) is 5.82 Å². The van der Waals surface area contributed by atoms with E-state index in [0.717, 1.165) is 22.3 Å². The number of halogens is 1. The zero-order chi connectivity index (χ0) is 19.2. The Morgan fingerprint density at radius 1 is 1.00 bits per heavy atom. The van der Waals surface area contributed by atoms with Gasteiger partial charge in [0.25, 0.3) is 5.89 Å². The fourth-order valence-corrected chi connectivity index (χ4v) is 3.08. The van der Waals surface area contributed by atoms with Gasteiger partial charge in [-0.25, -0.2) is 9.18 Å². The second-order valence-electron chi connectivity index (χ2n) is 6.46. The van der Waals surface area contributed by atoms with Gasteiger partial charge in [0.2, 0.25) is 5.82 Å². The summed E-state index contributed by atoms with van der Waals surface area (Å²) in [4.78, 5) is 15.9. The maximum Gasteiger partial charge on any atom is 0.335 e. The van der Waals surface area contributed by atoms with Gasteiger partial charge in [-0.2, -0.15) is 4.98 Å². The summed E-state index contributed by atoms with van der Waals surface area (Å²) in [6.07, 6.45) is 0. The van der Waals surface area contributed by atoms with E-state index in [4.69, 9.17) is 4.52 Å². The minimum Gasteiger partial charge on any atom is -0.478 e. The van der Waals surface area contributed by atoms with E-state index in [1.165, 1.54) is 6.07 Å². The van der Waals surface area contributed by atoms with Crippen LogP contribution in [0.25, 0.3) is 22.8 Å². The number of aryl methyl sites for hydroxylation is 2. The minimum absolute atomic E-state index is 0.0795. The Morgan fingerprint density at radius 2 is 1.65 bits per heavy atom. The normalized spacial score (nSPS) is 11.0. The topological polar surface area (TPSA) is 76.2 Å². The highest BCUT2D eigenvalue weighted by atomic mass is 19.1. The fourth-order valence-electron chi connectivity index (χ4n) is 3.08. The number of rotatable bonds is 3. The molecule has 0 bridgehead atoms. The summed E-state index contributed by atoms with van der Waals surface area (Å²) in [5.41, 5.74) is 4.92. The third-order valence-corrected chi connectivity index (χ3v) is 4.89. The maximum absolute atomic E-state index is 14.3. The Labute approximate surface area is 150 Å². The molecule has 0 aliphatic heterocycles. The lowest BCUT2D eigenvalue weighted by atomic mass is 9.93. The molecule has 1 heterocycles. The van der Waals surface area contributed by atoms with Crippen molar-refractivity contribution in [1.29, 1.82) is 0 Å². The molecule has 0 spiro atoms. The molecule has 5 nitrogen and oxygen atoms in total. The Morgan fingerprint density at radius 3 is 2.31 bits per heavy atom. The second-order valence-corrected chi connectivity index (χ2v) is 6.46. The van der Waals surface area contributed by atoms with E-state index < -0.39 is 11.8 Å². The van der Waals surface area contributed by atoms with E-state index in [-0.39, 0.29) is 22.8 Å². The van der Waals surface area contributed by atoms with E-state index in [2.05, 4.69) is 10.1 Å². The van der Waals surface area contributed by atoms with Crippen LogP contribution >= 0.6 is 0 Å². The van der Waals surface area contributed by atoms with Crippen LogP contribution in [0.4, 0.5) is 4.39 Å². The average Bonchev–Trinajstić information content (AvgIpc) is 3.04. The van der Waals surface area contributed by atoms with Gasteiger partial charge in [-0.1, -0.05) is 11.2 Å². The van der Waals surface area contributed by atoms with Gasteiger partial charge in [0.05, 0.1) is 11.1 Å². The molecule has 134 valence electrons. The van der Waals surface area contributed by atoms with Gasteiger partial charge >= 0.3 is 5.97 Å². The number of carboxylic acids is 1. The number of hydrogen-bond donors (Lipinski definition) is 1. The van der Waals surface area contributed by atoms with Crippen molar-refractivity contribution in [2.45, 2.75) is 34.6 Å². The SMILES string of the molecule is Cc1ccc(F)c(-c2nc(-c3c(C)c(C)cc(C(=O)O)c3C)no2)c1C. The third kappa shape index (κ3) is 2.77. The van der Waals surface area contributed by atoms with Crippen LogP contribution in [0.2, 0.25) is 0 Å². The monoisotopic (exact) mass is 354 g/mol. The Balaban J connectivity index is 2.22. The zero-order valence-electron chi connectivity index (χ0n) is 15.3. The van der Waals surface area contributed by atoms with Crippen molar-refractivity contribution >= 4 is 5.97 Å². The van der Waals surface area contributed by atoms with Crippen LogP contribution in [-0.2, 0) is 0 Å². The smallest absolute Gasteiger partial charge is 0.335 e. The van der Waals surface area contributed by atoms with Crippen LogP contribution in [0.3, 0.4) is 0 Å². The summed E-state index contributed by atoms with van der Waals surface area (Å²) in [7, 11) is 0. The fraction of sp³-hybridized carbons (Fsp3) is 0.250. The first-order valence-electron chi connectivity index (χ1n) is 8.16. The van der Waals surface area contributed by atoms with Gasteiger partial charge in [-0.15, -0.1) is 0 Å². The molecule has 3 rings (SSSR count). The lowest BCUT2D eigenvalue weighted by Crippen LogP contribution is -2.05. The molecule has 26 heavy (non-hydrogen) atoms. The largest absolute Gasteiger partial charge is 0.478 e. The summed E-state index contributed by atoms with van der Waals surface area (Å²) in [5, 5.41) is 13.4. The molecule has 0 atom stereocenters. The van der Waals surface area contributed by atoms with E-state index in [9.17, 15) is 14.3 Å². The van der Waals surface area contributed by atoms with E-state index >= 15 is 0 Å². The second kappa shape index (κ2) is 6.37. The summed E-state index contributed by atoms with van der Waals surface area (Å²) < 4.78 is 19.6. The zero-order valence-corrected chi connectivity index (χ0v) is 15.3. The summed E-state index contributed by atoms with van der Waals surface area (Å²) in [6, 6.07) is 4.69. The van der Waals surface area contributed by atoms with E-state index in [1.54, 1.807) is 26.0 Å². The molecule has 1 N–H and O–H groups in total. The van der Waals surface area contributed by atoms with Crippen molar-refractivity contribution in [3.63, 3.8) is 0 Å². The molecular formula is C20H19FN2O3. The van der Waals surface area contributed by atoms with E-state index in [0.29, 0.717) is 11.1 Å². The molecule has 0 aliphatic rings. The molecule has 2 aromatic carbocycles. The van der Waals surface area contributed by atoms with Gasteiger partial charge in [0.15, 0.2) is 0 Å². The molecule has 0 saturated heterocycles. The summed E-state index contributed by atoms with van der Waals surface area (Å²) >= 11 is 0. The Bertz CT molecular complexity index is 1040. The third-order valence-electron chi connectivity index (χ3n) is 4.89. The Hall–Kier alpha value is -3.02. The van der Waals surface area contributed by atoms with Crippen LogP contribution in [0.15, 0.2) is 22.7 Å². The van der Waals surface area contributed by atoms with Gasteiger partial charge in [0, 0.05) is 5.56 Å². The van der Waals surface area contributed by atoms with Crippen LogP contribution < -0.4 is 0 Å². The van der Waals surface area contributed by atoms with Crippen molar-refractivity contribution in [2.75, 3.05) is 0 Å². The summed E-state index contributed by atoms with van der Waals surface area (Å²) in [5.74, 6) is -1.12. The first-order chi connectivity index (χ1) is 12.2. The lowest BCUT2D eigenvalue weighted by Gasteiger charge is -2.12. The minimum atomic E-state index is -1.02. The number of hydrogen-bond acceptors (Lipinski definition) is 4. The number of nitrogens with zero attached hydrogens (tertiary/aromatic N) is 2. The molecular weight excluding hydrogens is 335 g/mol. The predicted molar refractivity (Wildman–Crippen MR) is 95.8 cm³/mol. The van der Waals surface area contributed by atoms with Gasteiger partial charge in [-0.3, -0.25) is 0 Å². The highest BCUT2D eigenvalue weighted by Gasteiger charge is 2.22. The maximum atomic E-state index is 14.3. The first-order valence-corrected chi connectivity index (χ1v) is 8.16. The molecule has 3 aromatic rings. The average molecular weight is 354 g/mol. The molecule has 0 aliphatic carbocycles. The molecule has 0 saturated carbocycles. The predicted octanol–water partition coefficient (Wildman–Crippen LogP) is 4.78. The molecule has 0 fully saturated rings. The number of aromatic nitrogens is 2. The number of carboxylic acid groups (broad SMARTS) is 1. The Kier molecular flexibility index (Phi) is 4.36. The molecule has 0 unspecified atom stereocenters. The van der Waals surface area contributed by atoms with Gasteiger partial charge in [-0.05, 0) is 74.6 Å². The molecule has 0 amide bonds. The van der Waals surface area contributed by atoms with Crippen LogP contribution in [0.1, 0.15) is 38.2 Å². The molecule has 6 heteroatoms. The lowest BCUT2D eigenvalue weighted by molar-refractivity contribution is 0.0696. The highest BCUT2D eigenvalue weighted by molar-refractivity contribution is 5.92. The first kappa shape index (κ1) is 17.8. The van der Waals surface area contributed by atoms with Crippen molar-refractivity contribution in [3.8, 4) is 22.8 Å². The van der Waals surface area contributed by atoms with Crippen molar-refractivity contribution < 1.29 is 18.8 Å². The standard InChI is InChI=1S/C20H19FN2O3/c1-9-6-7-15(21)17(11(9)3)19-22-18(23-26-19)16-12(4)10(2)8-14(13(16)5)20(24)25/h6-8H,1-5H3,(H,24,25). The van der Waals surface area contributed by atoms with E-state index in [1.807, 2.05) is 20.8 Å². The van der Waals surface area contributed by atoms with Crippen molar-refractivity contribution in [2.24, 2.45) is 0 Å². The number of benzene rings is 2. The number of carbonyl (C=O) groups is 1. The van der Waals surface area contributed by atoms with Crippen LogP contribution in [0, 0.1) is 40.4 Å². The molecule has 0 radical (unpaired) electrons. The van der Waals surface area contributed by atoms with Crippen molar-refractivity contribution in [3.05, 3.63) is 57.4 Å². The highest BCUT2D eigenvalue weighted by Crippen LogP contribution is 2.33. The van der Waals surface area contributed by atoms with Crippen molar-refractivity contribution in [1.82, 2.24) is 10.1 Å². The van der Waals surface area contributed by atoms with Gasteiger partial charge < -0.3 is 9.63 Å². The number of aromatic carboxylic acids is 1. The van der Waals surface area contributed by atoms with Crippen LogP contribution in [0.5, 0.6) is 0 Å². The van der Waals surface area contributed by atoms with Crippen LogP contribution in [-0.4, -0.2) is 21.2 Å².